The van der Waals surface area contributed by atoms with E-state index in [-0.39, 0.29) is 17.1 Å². The van der Waals surface area contributed by atoms with Crippen LogP contribution in [0.3, 0.4) is 0 Å². The van der Waals surface area contributed by atoms with Crippen LogP contribution in [0.25, 0.3) is 0 Å². The molecule has 7 fully saturated rings. The SMILES string of the molecule is NC1CCC(NC(=O)C[C@@H]2CCC[C@@]3(C2)CC2(OO3)C3CC4CC(C3)CC2C4)CC1. The van der Waals surface area contributed by atoms with Crippen molar-refractivity contribution < 1.29 is 14.6 Å². The van der Waals surface area contributed by atoms with E-state index in [1.54, 1.807) is 0 Å². The fourth-order valence-electron chi connectivity index (χ4n) is 8.80. The summed E-state index contributed by atoms with van der Waals surface area (Å²) in [6.45, 7) is 0. The number of carbonyl (C=O) groups is 1. The van der Waals surface area contributed by atoms with Gasteiger partial charge in [-0.15, -0.1) is 0 Å². The summed E-state index contributed by atoms with van der Waals surface area (Å²) < 4.78 is 0. The van der Waals surface area contributed by atoms with E-state index in [9.17, 15) is 4.79 Å². The van der Waals surface area contributed by atoms with Crippen LogP contribution in [-0.4, -0.2) is 29.2 Å². The van der Waals surface area contributed by atoms with Crippen LogP contribution in [0.1, 0.15) is 96.3 Å². The molecule has 1 heterocycles. The minimum absolute atomic E-state index is 0.00156. The average molecular weight is 417 g/mol. The highest BCUT2D eigenvalue weighted by atomic mass is 17.2. The fourth-order valence-corrected chi connectivity index (χ4v) is 8.80. The zero-order valence-corrected chi connectivity index (χ0v) is 18.5. The first-order chi connectivity index (χ1) is 14.5. The van der Waals surface area contributed by atoms with Gasteiger partial charge in [0, 0.05) is 24.9 Å². The van der Waals surface area contributed by atoms with E-state index in [4.69, 9.17) is 15.5 Å². The average Bonchev–Trinajstić information content (AvgIpc) is 3.07. The summed E-state index contributed by atoms with van der Waals surface area (Å²) >= 11 is 0. The van der Waals surface area contributed by atoms with E-state index < -0.39 is 0 Å². The molecule has 5 nitrogen and oxygen atoms in total. The van der Waals surface area contributed by atoms with Gasteiger partial charge in [0.05, 0.1) is 0 Å². The largest absolute Gasteiger partial charge is 0.353 e. The van der Waals surface area contributed by atoms with Gasteiger partial charge in [0.2, 0.25) is 5.91 Å². The van der Waals surface area contributed by atoms with E-state index in [2.05, 4.69) is 5.32 Å². The van der Waals surface area contributed by atoms with Crippen LogP contribution in [0.5, 0.6) is 0 Å². The molecule has 0 aromatic rings. The predicted octanol–water partition coefficient (Wildman–Crippen LogP) is 4.24. The van der Waals surface area contributed by atoms with Crippen molar-refractivity contribution in [2.45, 2.75) is 120 Å². The Morgan fingerprint density at radius 3 is 2.33 bits per heavy atom. The lowest BCUT2D eigenvalue weighted by atomic mass is 9.48. The predicted molar refractivity (Wildman–Crippen MR) is 114 cm³/mol. The number of hydrogen-bond acceptors (Lipinski definition) is 4. The van der Waals surface area contributed by atoms with Gasteiger partial charge < -0.3 is 11.1 Å². The lowest BCUT2D eigenvalue weighted by Gasteiger charge is -2.58. The molecule has 4 bridgehead atoms. The molecule has 2 atom stereocenters. The Labute approximate surface area is 181 Å². The Hall–Kier alpha value is -0.650. The first kappa shape index (κ1) is 20.0. The van der Waals surface area contributed by atoms with Crippen molar-refractivity contribution in [3.05, 3.63) is 0 Å². The summed E-state index contributed by atoms with van der Waals surface area (Å²) in [5, 5.41) is 3.30. The summed E-state index contributed by atoms with van der Waals surface area (Å²) in [4.78, 5) is 25.4. The highest BCUT2D eigenvalue weighted by molar-refractivity contribution is 5.76. The van der Waals surface area contributed by atoms with Crippen LogP contribution in [0.15, 0.2) is 0 Å². The molecule has 1 amide bonds. The summed E-state index contributed by atoms with van der Waals surface area (Å²) in [7, 11) is 0. The van der Waals surface area contributed by atoms with Gasteiger partial charge in [-0.25, -0.2) is 9.78 Å². The molecule has 7 rings (SSSR count). The molecule has 0 aromatic heterocycles. The monoisotopic (exact) mass is 416 g/mol. The molecule has 2 spiro atoms. The van der Waals surface area contributed by atoms with E-state index in [0.717, 1.165) is 81.5 Å². The molecule has 6 saturated carbocycles. The van der Waals surface area contributed by atoms with Crippen molar-refractivity contribution in [3.63, 3.8) is 0 Å². The topological polar surface area (TPSA) is 73.6 Å². The van der Waals surface area contributed by atoms with Gasteiger partial charge in [-0.1, -0.05) is 6.42 Å². The molecule has 0 unspecified atom stereocenters. The smallest absolute Gasteiger partial charge is 0.220 e. The van der Waals surface area contributed by atoms with Crippen molar-refractivity contribution in [3.8, 4) is 0 Å². The molecule has 5 heteroatoms. The molecule has 0 aromatic carbocycles. The Morgan fingerprint density at radius 2 is 1.63 bits per heavy atom. The third kappa shape index (κ3) is 3.44. The third-order valence-electron chi connectivity index (χ3n) is 10.0. The van der Waals surface area contributed by atoms with Crippen LogP contribution < -0.4 is 11.1 Å². The van der Waals surface area contributed by atoms with Crippen LogP contribution in [0, 0.1) is 29.6 Å². The van der Waals surface area contributed by atoms with E-state index in [0.29, 0.717) is 24.4 Å². The summed E-state index contributed by atoms with van der Waals surface area (Å²) in [5.41, 5.74) is 5.88. The van der Waals surface area contributed by atoms with Gasteiger partial charge in [-0.2, -0.15) is 0 Å². The number of nitrogens with two attached hydrogens (primary N) is 1. The quantitative estimate of drug-likeness (QED) is 0.675. The second kappa shape index (κ2) is 7.45. The maximum atomic E-state index is 12.7. The minimum atomic E-state index is -0.129. The number of carbonyl (C=O) groups excluding carboxylic acids is 1. The van der Waals surface area contributed by atoms with Gasteiger partial charge in [0.15, 0.2) is 0 Å². The molecular weight excluding hydrogens is 376 g/mol. The lowest BCUT2D eigenvalue weighted by molar-refractivity contribution is -0.386. The highest BCUT2D eigenvalue weighted by Gasteiger charge is 2.65. The number of rotatable bonds is 3. The van der Waals surface area contributed by atoms with Crippen molar-refractivity contribution in [2.24, 2.45) is 35.3 Å². The normalized spacial score (nSPS) is 52.2. The van der Waals surface area contributed by atoms with E-state index in [1.165, 1.54) is 32.1 Å². The number of hydrogen-bond donors (Lipinski definition) is 2. The van der Waals surface area contributed by atoms with Crippen molar-refractivity contribution >= 4 is 5.91 Å². The van der Waals surface area contributed by atoms with Crippen molar-refractivity contribution in [1.29, 1.82) is 0 Å². The van der Waals surface area contributed by atoms with Crippen LogP contribution >= 0.6 is 0 Å². The molecule has 6 aliphatic carbocycles. The number of amides is 1. The van der Waals surface area contributed by atoms with Gasteiger partial charge in [-0.3, -0.25) is 4.79 Å². The minimum Gasteiger partial charge on any atom is -0.353 e. The zero-order valence-electron chi connectivity index (χ0n) is 18.5. The second-order valence-corrected chi connectivity index (χ2v) is 12.1. The Morgan fingerprint density at radius 1 is 0.933 bits per heavy atom. The Balaban J connectivity index is 1.08. The van der Waals surface area contributed by atoms with Gasteiger partial charge in [0.25, 0.3) is 0 Å². The first-order valence-corrected chi connectivity index (χ1v) is 12.9. The summed E-state index contributed by atoms with van der Waals surface area (Å²) in [6.07, 6.45) is 17.2. The molecule has 7 aliphatic rings. The molecule has 1 saturated heterocycles. The number of nitrogens with one attached hydrogen (secondary N) is 1. The maximum Gasteiger partial charge on any atom is 0.220 e. The van der Waals surface area contributed by atoms with Gasteiger partial charge >= 0.3 is 0 Å². The van der Waals surface area contributed by atoms with E-state index in [1.807, 2.05) is 0 Å². The van der Waals surface area contributed by atoms with Crippen molar-refractivity contribution in [2.75, 3.05) is 0 Å². The Kier molecular flexibility index (Phi) is 4.97. The molecule has 168 valence electrons. The third-order valence-corrected chi connectivity index (χ3v) is 10.0. The van der Waals surface area contributed by atoms with Crippen molar-refractivity contribution in [1.82, 2.24) is 5.32 Å². The summed E-state index contributed by atoms with van der Waals surface area (Å²) in [5.74, 6) is 4.01. The standard InChI is InChI=1S/C25H40N2O3/c26-21-3-5-22(6-4-21)27-23(28)13-16-2-1-7-24(14-16)15-25(30-29-24)19-9-17-8-18(11-19)12-20(25)10-17/h16-22H,1-15,26H2,(H,27,28)/t16-,17?,18?,19?,20?,21?,22?,24+,25?/m0/s1. The molecule has 0 radical (unpaired) electrons. The van der Waals surface area contributed by atoms with Gasteiger partial charge in [-0.05, 0) is 107 Å². The van der Waals surface area contributed by atoms with E-state index >= 15 is 0 Å². The lowest BCUT2D eigenvalue weighted by Crippen LogP contribution is -2.58. The Bertz CT molecular complexity index is 645. The molecular formula is C25H40N2O3. The molecule has 1 aliphatic heterocycles. The maximum absolute atomic E-state index is 12.7. The zero-order chi connectivity index (χ0) is 20.3. The van der Waals surface area contributed by atoms with Gasteiger partial charge in [0.1, 0.15) is 11.2 Å². The second-order valence-electron chi connectivity index (χ2n) is 12.1. The fraction of sp³-hybridized carbons (Fsp3) is 0.960. The van der Waals surface area contributed by atoms with Crippen LogP contribution in [-0.2, 0) is 14.6 Å². The summed E-state index contributed by atoms with van der Waals surface area (Å²) in [6, 6.07) is 0.658. The molecule has 3 N–H and O–H groups in total. The van der Waals surface area contributed by atoms with Crippen LogP contribution in [0.4, 0.5) is 0 Å². The highest BCUT2D eigenvalue weighted by Crippen LogP contribution is 2.65. The van der Waals surface area contributed by atoms with Crippen LogP contribution in [0.2, 0.25) is 0 Å². The molecule has 30 heavy (non-hydrogen) atoms. The first-order valence-electron chi connectivity index (χ1n) is 12.9.